The summed E-state index contributed by atoms with van der Waals surface area (Å²) in [7, 11) is 0. The molecule has 0 fully saturated rings. The first-order valence-electron chi connectivity index (χ1n) is 8.77. The van der Waals surface area contributed by atoms with Crippen LogP contribution in [0.3, 0.4) is 0 Å². The van der Waals surface area contributed by atoms with E-state index >= 15 is 0 Å². The van der Waals surface area contributed by atoms with E-state index in [1.165, 1.54) is 0 Å². The summed E-state index contributed by atoms with van der Waals surface area (Å²) in [6, 6.07) is 0. The molecular weight excluding hydrogens is 396 g/mol. The molecule has 0 aliphatic rings. The minimum Gasteiger partial charge on any atom is -0.550 e. The maximum absolute atomic E-state index is 10.5. The zero-order valence-corrected chi connectivity index (χ0v) is 15.9. The van der Waals surface area contributed by atoms with E-state index in [4.69, 9.17) is 18.9 Å². The lowest BCUT2D eigenvalue weighted by atomic mass is 9.92. The average molecular weight is 420 g/mol. The van der Waals surface area contributed by atoms with Gasteiger partial charge < -0.3 is 58.6 Å². The quantitative estimate of drug-likeness (QED) is 0.170. The highest BCUT2D eigenvalue weighted by Crippen LogP contribution is 2.21. The zero-order valence-electron chi connectivity index (χ0n) is 15.9. The van der Waals surface area contributed by atoms with E-state index in [2.05, 4.69) is 0 Å². The molecule has 0 aromatic rings. The minimum absolute atomic E-state index is 0.151. The van der Waals surface area contributed by atoms with Crippen LogP contribution in [0.5, 0.6) is 0 Å². The summed E-state index contributed by atoms with van der Waals surface area (Å²) in [6.07, 6.45) is -1.51. The fourth-order valence-corrected chi connectivity index (χ4v) is 2.03. The van der Waals surface area contributed by atoms with Crippen LogP contribution in [0.1, 0.15) is 25.7 Å². The Labute approximate surface area is 167 Å². The highest BCUT2D eigenvalue weighted by atomic mass is 16.5. The van der Waals surface area contributed by atoms with Crippen molar-refractivity contribution >= 4 is 23.9 Å². The second-order valence-corrected chi connectivity index (χ2v) is 6.20. The Balaban J connectivity index is 4.94. The van der Waals surface area contributed by atoms with Gasteiger partial charge in [-0.25, -0.2) is 0 Å². The molecule has 168 valence electrons. The van der Waals surface area contributed by atoms with E-state index in [-0.39, 0.29) is 78.5 Å². The van der Waals surface area contributed by atoms with Gasteiger partial charge in [0.15, 0.2) is 0 Å². The molecule has 0 heterocycles. The average Bonchev–Trinajstić information content (AvgIpc) is 2.62. The third-order valence-electron chi connectivity index (χ3n) is 3.44. The second kappa shape index (κ2) is 15.6. The molecule has 0 aliphatic carbocycles. The molecule has 0 saturated carbocycles. The van der Waals surface area contributed by atoms with Gasteiger partial charge in [0.05, 0.1) is 58.3 Å². The lowest BCUT2D eigenvalue weighted by Gasteiger charge is -2.33. The van der Waals surface area contributed by atoms with Gasteiger partial charge in [0, 0.05) is 49.6 Å². The molecule has 12 heteroatoms. The van der Waals surface area contributed by atoms with E-state index in [9.17, 15) is 39.6 Å². The number of hydrogen-bond donors (Lipinski definition) is 0. The van der Waals surface area contributed by atoms with Crippen LogP contribution in [0, 0.1) is 5.41 Å². The van der Waals surface area contributed by atoms with Crippen LogP contribution in [0.2, 0.25) is 0 Å². The first-order valence-corrected chi connectivity index (χ1v) is 8.77. The molecule has 0 aromatic carbocycles. The van der Waals surface area contributed by atoms with Gasteiger partial charge in [-0.15, -0.1) is 0 Å². The van der Waals surface area contributed by atoms with Crippen LogP contribution in [-0.2, 0) is 38.1 Å². The molecule has 0 aliphatic heterocycles. The highest BCUT2D eigenvalue weighted by molar-refractivity contribution is 5.65. The van der Waals surface area contributed by atoms with Crippen LogP contribution < -0.4 is 20.4 Å². The molecule has 0 amide bonds. The van der Waals surface area contributed by atoms with Gasteiger partial charge in [0.25, 0.3) is 0 Å². The Bertz CT molecular complexity index is 425. The van der Waals surface area contributed by atoms with Crippen molar-refractivity contribution < 1.29 is 58.6 Å². The van der Waals surface area contributed by atoms with Crippen molar-refractivity contribution in [1.29, 1.82) is 0 Å². The Morgan fingerprint density at radius 3 is 0.862 bits per heavy atom. The molecule has 29 heavy (non-hydrogen) atoms. The Hall–Kier alpha value is -2.28. The maximum atomic E-state index is 10.5. The predicted molar refractivity (Wildman–Crippen MR) is 84.2 cm³/mol. The summed E-state index contributed by atoms with van der Waals surface area (Å²) < 4.78 is 21.2. The number of hydrogen-bond acceptors (Lipinski definition) is 12. The van der Waals surface area contributed by atoms with Crippen molar-refractivity contribution in [2.45, 2.75) is 25.7 Å². The van der Waals surface area contributed by atoms with Gasteiger partial charge in [0.2, 0.25) is 0 Å². The molecule has 0 rings (SSSR count). The Morgan fingerprint density at radius 1 is 0.483 bits per heavy atom. The number of carboxylic acids is 4. The molecule has 0 N–H and O–H groups in total. The number of carbonyl (C=O) groups excluding carboxylic acids is 4. The largest absolute Gasteiger partial charge is 0.550 e. The normalized spacial score (nSPS) is 11.3. The summed E-state index contributed by atoms with van der Waals surface area (Å²) in [5.74, 6) is -5.29. The molecule has 0 spiro atoms. The van der Waals surface area contributed by atoms with Gasteiger partial charge >= 0.3 is 0 Å². The van der Waals surface area contributed by atoms with E-state index in [0.29, 0.717) is 0 Å². The Kier molecular flexibility index (Phi) is 14.4. The SMILES string of the molecule is O=C([O-])CCOCC(COCCC(=O)[O-])(COCCC(=O)[O-])COCCC(=O)[O-]. The third kappa shape index (κ3) is 16.4. The van der Waals surface area contributed by atoms with E-state index < -0.39 is 29.3 Å². The fraction of sp³-hybridized carbons (Fsp3) is 0.765. The lowest BCUT2D eigenvalue weighted by Crippen LogP contribution is -2.43. The Morgan fingerprint density at radius 2 is 0.690 bits per heavy atom. The minimum atomic E-state index is -1.32. The first-order chi connectivity index (χ1) is 13.7. The van der Waals surface area contributed by atoms with Crippen molar-refractivity contribution in [3.05, 3.63) is 0 Å². The summed E-state index contributed by atoms with van der Waals surface area (Å²) in [5.41, 5.74) is -1.09. The van der Waals surface area contributed by atoms with Crippen molar-refractivity contribution in [2.75, 3.05) is 52.9 Å². The van der Waals surface area contributed by atoms with E-state index in [1.807, 2.05) is 0 Å². The number of carbonyl (C=O) groups is 4. The number of rotatable bonds is 20. The molecule has 0 radical (unpaired) electrons. The lowest BCUT2D eigenvalue weighted by molar-refractivity contribution is -0.307. The molecule has 12 nitrogen and oxygen atoms in total. The zero-order chi connectivity index (χ0) is 22.1. The van der Waals surface area contributed by atoms with Gasteiger partial charge in [-0.3, -0.25) is 0 Å². The van der Waals surface area contributed by atoms with E-state index in [1.54, 1.807) is 0 Å². The molecule has 0 bridgehead atoms. The molecule has 0 aromatic heterocycles. The highest BCUT2D eigenvalue weighted by Gasteiger charge is 2.32. The van der Waals surface area contributed by atoms with Crippen molar-refractivity contribution in [2.24, 2.45) is 5.41 Å². The van der Waals surface area contributed by atoms with Crippen LogP contribution in [-0.4, -0.2) is 76.7 Å². The van der Waals surface area contributed by atoms with Crippen LogP contribution in [0.15, 0.2) is 0 Å². The summed E-state index contributed by atoms with van der Waals surface area (Å²) in [6.45, 7) is -1.38. The predicted octanol–water partition coefficient (Wildman–Crippen LogP) is -5.40. The smallest absolute Gasteiger partial charge is 0.0637 e. The molecule has 0 atom stereocenters. The molecular formula is C17H24O12-4. The number of aliphatic carboxylic acids is 4. The van der Waals surface area contributed by atoms with Gasteiger partial charge in [-0.1, -0.05) is 0 Å². The summed E-state index contributed by atoms with van der Waals surface area (Å²) in [4.78, 5) is 42.0. The summed E-state index contributed by atoms with van der Waals surface area (Å²) >= 11 is 0. The van der Waals surface area contributed by atoms with Crippen molar-refractivity contribution in [3.63, 3.8) is 0 Å². The standard InChI is InChI=1S/C17H28O12/c18-13(19)1-5-26-9-17(10-27-6-2-14(20)21,11-28-7-3-15(22)23)12-29-8-4-16(24)25/h1-12H2,(H,18,19)(H,20,21)(H,22,23)(H,24,25)/p-4. The second-order valence-electron chi connectivity index (χ2n) is 6.20. The number of carboxylic acid groups (broad SMARTS) is 4. The third-order valence-corrected chi connectivity index (χ3v) is 3.44. The van der Waals surface area contributed by atoms with E-state index in [0.717, 1.165) is 0 Å². The van der Waals surface area contributed by atoms with Crippen molar-refractivity contribution in [1.82, 2.24) is 0 Å². The fourth-order valence-electron chi connectivity index (χ4n) is 2.03. The summed E-state index contributed by atoms with van der Waals surface area (Å²) in [5, 5.41) is 42.0. The van der Waals surface area contributed by atoms with Gasteiger partial charge in [-0.05, 0) is 0 Å². The first kappa shape index (κ1) is 26.7. The van der Waals surface area contributed by atoms with Gasteiger partial charge in [0.1, 0.15) is 0 Å². The van der Waals surface area contributed by atoms with Crippen LogP contribution in [0.25, 0.3) is 0 Å². The van der Waals surface area contributed by atoms with Crippen LogP contribution >= 0.6 is 0 Å². The molecule has 0 saturated heterocycles. The maximum Gasteiger partial charge on any atom is 0.0637 e. The van der Waals surface area contributed by atoms with Crippen LogP contribution in [0.4, 0.5) is 0 Å². The monoisotopic (exact) mass is 420 g/mol. The topological polar surface area (TPSA) is 197 Å². The van der Waals surface area contributed by atoms with Crippen molar-refractivity contribution in [3.8, 4) is 0 Å². The van der Waals surface area contributed by atoms with Gasteiger partial charge in [-0.2, -0.15) is 0 Å². The molecule has 0 unspecified atom stereocenters. The number of ether oxygens (including phenoxy) is 4.